The highest BCUT2D eigenvalue weighted by molar-refractivity contribution is 5.97. The Hall–Kier alpha value is -5.00. The van der Waals surface area contributed by atoms with E-state index in [1.165, 1.54) is 14.0 Å². The molecule has 5 rings (SSSR count). The number of halogens is 3. The number of carbonyl (C=O) groups excluding carboxylic acids is 1. The van der Waals surface area contributed by atoms with Crippen LogP contribution in [-0.2, 0) is 12.6 Å². The topological polar surface area (TPSA) is 126 Å². The molecule has 204 valence electrons. The lowest BCUT2D eigenvalue weighted by Gasteiger charge is -2.09. The monoisotopic (exact) mass is 548 g/mol. The van der Waals surface area contributed by atoms with Gasteiger partial charge < -0.3 is 20.1 Å². The number of carbonyl (C=O) groups is 1. The Balaban J connectivity index is 1.33. The molecule has 0 unspecified atom stereocenters. The van der Waals surface area contributed by atoms with E-state index in [9.17, 15) is 23.1 Å². The maximum absolute atomic E-state index is 13.0. The lowest BCUT2D eigenvalue weighted by molar-refractivity contribution is -0.141. The van der Waals surface area contributed by atoms with Gasteiger partial charge in [0.25, 0.3) is 5.91 Å². The second kappa shape index (κ2) is 10.6. The van der Waals surface area contributed by atoms with E-state index in [-0.39, 0.29) is 30.2 Å². The maximum atomic E-state index is 13.0. The van der Waals surface area contributed by atoms with E-state index in [2.05, 4.69) is 30.2 Å². The van der Waals surface area contributed by atoms with Crippen LogP contribution < -0.4 is 10.1 Å². The summed E-state index contributed by atoms with van der Waals surface area (Å²) >= 11 is 0. The number of alkyl halides is 3. The predicted molar refractivity (Wildman–Crippen MR) is 141 cm³/mol. The van der Waals surface area contributed by atoms with Crippen molar-refractivity contribution in [2.75, 3.05) is 13.7 Å². The Morgan fingerprint density at radius 3 is 2.65 bits per heavy atom. The van der Waals surface area contributed by atoms with Crippen molar-refractivity contribution in [3.8, 4) is 34.1 Å². The quantitative estimate of drug-likeness (QED) is 0.259. The fraction of sp³-hybridized carbons (Fsp3) is 0.179. The predicted octanol–water partition coefficient (Wildman–Crippen LogP) is 5.10. The first kappa shape index (κ1) is 26.6. The van der Waals surface area contributed by atoms with Crippen LogP contribution in [0.4, 0.5) is 13.2 Å². The van der Waals surface area contributed by atoms with E-state index in [1.807, 2.05) is 6.07 Å². The number of phenolic OH excluding ortho intramolecular Hbond substituents is 1. The molecule has 0 spiro atoms. The molecule has 5 aromatic rings. The molecule has 0 bridgehead atoms. The van der Waals surface area contributed by atoms with Crippen molar-refractivity contribution in [1.29, 1.82) is 0 Å². The third-order valence-electron chi connectivity index (χ3n) is 6.10. The van der Waals surface area contributed by atoms with Gasteiger partial charge >= 0.3 is 6.18 Å². The SMILES string of the molecule is COc1ncccc1-c1ccc(O)c(-c2nc3ccc(C(=O)NCCc4nc(C)cc(C(F)(F)F)n4)cc3[nH]2)c1. The minimum absolute atomic E-state index is 0.00720. The maximum Gasteiger partial charge on any atom is 0.433 e. The van der Waals surface area contributed by atoms with E-state index in [0.717, 1.165) is 17.2 Å². The van der Waals surface area contributed by atoms with Crippen LogP contribution in [0.25, 0.3) is 33.5 Å². The van der Waals surface area contributed by atoms with Crippen molar-refractivity contribution in [1.82, 2.24) is 30.2 Å². The summed E-state index contributed by atoms with van der Waals surface area (Å²) in [6, 6.07) is 14.4. The van der Waals surface area contributed by atoms with Crippen molar-refractivity contribution in [3.63, 3.8) is 0 Å². The number of pyridine rings is 1. The van der Waals surface area contributed by atoms with Crippen LogP contribution in [0.3, 0.4) is 0 Å². The molecule has 1 amide bonds. The number of aromatic hydroxyl groups is 1. The lowest BCUT2D eigenvalue weighted by atomic mass is 10.0. The molecule has 3 heterocycles. The summed E-state index contributed by atoms with van der Waals surface area (Å²) in [4.78, 5) is 32.2. The van der Waals surface area contributed by atoms with Gasteiger partial charge in [0, 0.05) is 36.0 Å². The molecular formula is C28H23F3N6O3. The number of amides is 1. The second-order valence-electron chi connectivity index (χ2n) is 8.92. The molecule has 0 aliphatic heterocycles. The zero-order valence-corrected chi connectivity index (χ0v) is 21.4. The number of methoxy groups -OCH3 is 1. The third kappa shape index (κ3) is 5.55. The van der Waals surface area contributed by atoms with Gasteiger partial charge in [0.15, 0.2) is 0 Å². The Bertz CT molecular complexity index is 1720. The molecule has 0 radical (unpaired) electrons. The molecule has 9 nitrogen and oxygen atoms in total. The first-order valence-corrected chi connectivity index (χ1v) is 12.1. The van der Waals surface area contributed by atoms with E-state index in [4.69, 9.17) is 4.74 Å². The van der Waals surface area contributed by atoms with Crippen LogP contribution in [0.2, 0.25) is 0 Å². The number of nitrogens with one attached hydrogen (secondary N) is 2. The molecule has 3 aromatic heterocycles. The molecule has 0 atom stereocenters. The summed E-state index contributed by atoms with van der Waals surface area (Å²) in [6.07, 6.45) is -2.92. The van der Waals surface area contributed by atoms with Crippen molar-refractivity contribution in [3.05, 3.63) is 83.6 Å². The van der Waals surface area contributed by atoms with E-state index in [1.54, 1.807) is 48.7 Å². The Morgan fingerprint density at radius 2 is 1.88 bits per heavy atom. The average Bonchev–Trinajstić information content (AvgIpc) is 3.36. The standard InChI is InChI=1S/C28H23F3N6O3/c1-15-12-23(28(29,30)31)37-24(34-15)9-11-32-26(39)17-5-7-20-21(14-17)36-25(35-20)19-13-16(6-8-22(19)38)18-4-3-10-33-27(18)40-2/h3-8,10,12-14,38H,9,11H2,1-2H3,(H,32,39)(H,35,36). The Labute approximate surface area is 226 Å². The van der Waals surface area contributed by atoms with Gasteiger partial charge in [0.1, 0.15) is 23.1 Å². The van der Waals surface area contributed by atoms with Crippen LogP contribution in [0, 0.1) is 6.92 Å². The Kier molecular flexibility index (Phi) is 7.07. The number of ether oxygens (including phenoxy) is 1. The van der Waals surface area contributed by atoms with Gasteiger partial charge in [0.2, 0.25) is 5.88 Å². The highest BCUT2D eigenvalue weighted by Gasteiger charge is 2.33. The molecule has 2 aromatic carbocycles. The highest BCUT2D eigenvalue weighted by Crippen LogP contribution is 2.35. The minimum atomic E-state index is -4.58. The van der Waals surface area contributed by atoms with E-state index < -0.39 is 17.8 Å². The van der Waals surface area contributed by atoms with Gasteiger partial charge in [0.05, 0.1) is 23.7 Å². The minimum Gasteiger partial charge on any atom is -0.507 e. The smallest absolute Gasteiger partial charge is 0.433 e. The number of nitrogens with zero attached hydrogens (tertiary/aromatic N) is 4. The van der Waals surface area contributed by atoms with Gasteiger partial charge in [-0.25, -0.2) is 19.9 Å². The number of imidazole rings is 1. The molecule has 12 heteroatoms. The molecule has 0 aliphatic rings. The second-order valence-corrected chi connectivity index (χ2v) is 8.92. The first-order chi connectivity index (χ1) is 19.1. The number of H-pyrrole nitrogens is 1. The molecule has 0 aliphatic carbocycles. The summed E-state index contributed by atoms with van der Waals surface area (Å²) in [5, 5.41) is 13.2. The van der Waals surface area contributed by atoms with Crippen molar-refractivity contribution < 1.29 is 27.8 Å². The van der Waals surface area contributed by atoms with Gasteiger partial charge in [-0.3, -0.25) is 4.79 Å². The summed E-state index contributed by atoms with van der Waals surface area (Å²) in [7, 11) is 1.53. The van der Waals surface area contributed by atoms with Crippen LogP contribution in [0.5, 0.6) is 11.6 Å². The number of aromatic nitrogens is 5. The number of phenols is 1. The zero-order valence-electron chi connectivity index (χ0n) is 21.4. The summed E-state index contributed by atoms with van der Waals surface area (Å²) < 4.78 is 44.4. The molecule has 0 fully saturated rings. The van der Waals surface area contributed by atoms with Gasteiger partial charge in [-0.1, -0.05) is 6.07 Å². The van der Waals surface area contributed by atoms with Crippen LogP contribution in [0.1, 0.15) is 27.6 Å². The normalized spacial score (nSPS) is 11.5. The van der Waals surface area contributed by atoms with Crippen molar-refractivity contribution in [2.45, 2.75) is 19.5 Å². The van der Waals surface area contributed by atoms with Gasteiger partial charge in [-0.15, -0.1) is 0 Å². The number of rotatable bonds is 7. The molecule has 0 saturated heterocycles. The largest absolute Gasteiger partial charge is 0.507 e. The lowest BCUT2D eigenvalue weighted by Crippen LogP contribution is -2.26. The number of aryl methyl sites for hydroxylation is 1. The van der Waals surface area contributed by atoms with Crippen LogP contribution in [0.15, 0.2) is 60.8 Å². The van der Waals surface area contributed by atoms with Crippen LogP contribution in [-0.4, -0.2) is 49.6 Å². The first-order valence-electron chi connectivity index (χ1n) is 12.1. The van der Waals surface area contributed by atoms with E-state index >= 15 is 0 Å². The fourth-order valence-electron chi connectivity index (χ4n) is 4.22. The summed E-state index contributed by atoms with van der Waals surface area (Å²) in [5.41, 5.74) is 2.58. The number of hydrogen-bond donors (Lipinski definition) is 3. The highest BCUT2D eigenvalue weighted by atomic mass is 19.4. The van der Waals surface area contributed by atoms with Crippen molar-refractivity contribution >= 4 is 16.9 Å². The number of benzene rings is 2. The fourth-order valence-corrected chi connectivity index (χ4v) is 4.22. The molecule has 0 saturated carbocycles. The molecular weight excluding hydrogens is 525 g/mol. The van der Waals surface area contributed by atoms with E-state index in [0.29, 0.717) is 33.9 Å². The Morgan fingerprint density at radius 1 is 1.05 bits per heavy atom. The zero-order chi connectivity index (χ0) is 28.4. The van der Waals surface area contributed by atoms with Gasteiger partial charge in [-0.2, -0.15) is 13.2 Å². The van der Waals surface area contributed by atoms with Gasteiger partial charge in [-0.05, 0) is 61.0 Å². The summed E-state index contributed by atoms with van der Waals surface area (Å²) in [5.74, 6) is 0.416. The van der Waals surface area contributed by atoms with Crippen LogP contribution >= 0.6 is 0 Å². The third-order valence-corrected chi connectivity index (χ3v) is 6.10. The average molecular weight is 549 g/mol. The molecule has 40 heavy (non-hydrogen) atoms. The summed E-state index contributed by atoms with van der Waals surface area (Å²) in [6.45, 7) is 1.50. The number of hydrogen-bond acceptors (Lipinski definition) is 7. The number of fused-ring (bicyclic) bond motifs is 1. The van der Waals surface area contributed by atoms with Crippen molar-refractivity contribution in [2.24, 2.45) is 0 Å². The number of aromatic amines is 1. The molecule has 3 N–H and O–H groups in total.